The summed E-state index contributed by atoms with van der Waals surface area (Å²) in [5.41, 5.74) is 0. The molecule has 1 amide bonds. The molecule has 2 N–H and O–H groups in total. The van der Waals surface area contributed by atoms with Crippen LogP contribution >= 0.6 is 12.4 Å². The van der Waals surface area contributed by atoms with Crippen LogP contribution in [0.5, 0.6) is 0 Å². The van der Waals surface area contributed by atoms with Crippen molar-refractivity contribution < 1.29 is 4.79 Å². The Bertz CT molecular complexity index is 306. The minimum Gasteiger partial charge on any atom is -0.352 e. The maximum absolute atomic E-state index is 12.2. The molecule has 0 aromatic rings. The van der Waals surface area contributed by atoms with Crippen LogP contribution < -0.4 is 10.6 Å². The summed E-state index contributed by atoms with van der Waals surface area (Å²) in [6, 6.07) is 0.958. The minimum absolute atomic E-state index is 0. The van der Waals surface area contributed by atoms with Crippen molar-refractivity contribution >= 4 is 18.3 Å². The van der Waals surface area contributed by atoms with E-state index >= 15 is 0 Å². The molecule has 0 bridgehead atoms. The normalized spacial score (nSPS) is 30.3. The van der Waals surface area contributed by atoms with Crippen LogP contribution in [0.25, 0.3) is 0 Å². The van der Waals surface area contributed by atoms with Gasteiger partial charge in [0.25, 0.3) is 0 Å². The number of halogens is 1. The third-order valence-corrected chi connectivity index (χ3v) is 5.02. The van der Waals surface area contributed by atoms with Crippen molar-refractivity contribution in [3.8, 4) is 0 Å². The quantitative estimate of drug-likeness (QED) is 0.835. The number of likely N-dealkylation sites (N-methyl/N-ethyl adjacent to an activating group) is 1. The fourth-order valence-electron chi connectivity index (χ4n) is 3.58. The summed E-state index contributed by atoms with van der Waals surface area (Å²) < 4.78 is 0. The predicted octanol–water partition coefficient (Wildman–Crippen LogP) is 2.18. The summed E-state index contributed by atoms with van der Waals surface area (Å²) in [5, 5.41) is 6.69. The summed E-state index contributed by atoms with van der Waals surface area (Å²) in [7, 11) is 2.10. The van der Waals surface area contributed by atoms with E-state index in [1.54, 1.807) is 0 Å². The lowest BCUT2D eigenvalue weighted by Crippen LogP contribution is -2.47. The van der Waals surface area contributed by atoms with Crippen molar-refractivity contribution in [2.75, 3.05) is 26.7 Å². The van der Waals surface area contributed by atoms with Gasteiger partial charge in [0, 0.05) is 12.1 Å². The van der Waals surface area contributed by atoms with E-state index in [-0.39, 0.29) is 18.3 Å². The molecule has 2 fully saturated rings. The molecule has 1 heterocycles. The average molecular weight is 318 g/mol. The van der Waals surface area contributed by atoms with Crippen LogP contribution in [0.3, 0.4) is 0 Å². The van der Waals surface area contributed by atoms with Gasteiger partial charge in [0.05, 0.1) is 6.54 Å². The van der Waals surface area contributed by atoms with Crippen molar-refractivity contribution in [2.24, 2.45) is 5.92 Å². The molecule has 0 radical (unpaired) electrons. The summed E-state index contributed by atoms with van der Waals surface area (Å²) in [6.45, 7) is 5.02. The zero-order valence-electron chi connectivity index (χ0n) is 13.6. The van der Waals surface area contributed by atoms with Crippen LogP contribution in [0.4, 0.5) is 0 Å². The van der Waals surface area contributed by atoms with Gasteiger partial charge in [-0.2, -0.15) is 0 Å². The highest BCUT2D eigenvalue weighted by atomic mass is 35.5. The van der Waals surface area contributed by atoms with Crippen LogP contribution in [0, 0.1) is 5.92 Å². The highest BCUT2D eigenvalue weighted by Gasteiger charge is 2.24. The molecule has 1 aliphatic carbocycles. The number of hydrogen-bond acceptors (Lipinski definition) is 3. The number of hydrogen-bond donors (Lipinski definition) is 2. The third kappa shape index (κ3) is 6.13. The lowest BCUT2D eigenvalue weighted by Gasteiger charge is -2.31. The van der Waals surface area contributed by atoms with Crippen LogP contribution in [-0.4, -0.2) is 49.6 Å². The predicted molar refractivity (Wildman–Crippen MR) is 89.9 cm³/mol. The number of carbonyl (C=O) groups excluding carboxylic acids is 1. The lowest BCUT2D eigenvalue weighted by atomic mass is 9.86. The number of amides is 1. The van der Waals surface area contributed by atoms with Crippen LogP contribution in [-0.2, 0) is 4.79 Å². The van der Waals surface area contributed by atoms with Crippen molar-refractivity contribution in [1.29, 1.82) is 0 Å². The van der Waals surface area contributed by atoms with E-state index in [2.05, 4.69) is 29.5 Å². The van der Waals surface area contributed by atoms with Crippen LogP contribution in [0.1, 0.15) is 51.9 Å². The van der Waals surface area contributed by atoms with Gasteiger partial charge >= 0.3 is 0 Å². The molecule has 4 nitrogen and oxygen atoms in total. The first kappa shape index (κ1) is 18.7. The Labute approximate surface area is 135 Å². The molecule has 2 rings (SSSR count). The van der Waals surface area contributed by atoms with Gasteiger partial charge in [-0.15, -0.1) is 12.4 Å². The molecule has 3 unspecified atom stereocenters. The Morgan fingerprint density at radius 2 is 1.90 bits per heavy atom. The first-order valence-corrected chi connectivity index (χ1v) is 8.37. The van der Waals surface area contributed by atoms with Gasteiger partial charge in [0.1, 0.15) is 0 Å². The fraction of sp³-hybridized carbons (Fsp3) is 0.938. The van der Waals surface area contributed by atoms with Crippen molar-refractivity contribution in [1.82, 2.24) is 15.5 Å². The third-order valence-electron chi connectivity index (χ3n) is 5.02. The molecule has 1 saturated heterocycles. The van der Waals surface area contributed by atoms with E-state index < -0.39 is 0 Å². The molecule has 0 aromatic heterocycles. The minimum atomic E-state index is 0. The van der Waals surface area contributed by atoms with E-state index in [1.165, 1.54) is 32.1 Å². The summed E-state index contributed by atoms with van der Waals surface area (Å²) in [6.07, 6.45) is 8.58. The largest absolute Gasteiger partial charge is 0.352 e. The highest BCUT2D eigenvalue weighted by molar-refractivity contribution is 5.85. The Morgan fingerprint density at radius 3 is 2.67 bits per heavy atom. The fourth-order valence-corrected chi connectivity index (χ4v) is 3.58. The molecule has 0 spiro atoms. The molecule has 21 heavy (non-hydrogen) atoms. The number of nitrogens with one attached hydrogen (secondary N) is 2. The molecule has 1 saturated carbocycles. The molecule has 1 aliphatic heterocycles. The Morgan fingerprint density at radius 1 is 1.14 bits per heavy atom. The zero-order valence-corrected chi connectivity index (χ0v) is 14.4. The monoisotopic (exact) mass is 317 g/mol. The van der Waals surface area contributed by atoms with Gasteiger partial charge in [-0.3, -0.25) is 9.69 Å². The standard InChI is InChI=1S/C16H31N3O.ClH/c1-13-6-3-4-8-15(13)18-16(20)12-19(2)14-7-5-10-17-11-9-14;/h13-15,17H,3-12H2,1-2H3,(H,18,20);1H. The van der Waals surface area contributed by atoms with Crippen molar-refractivity contribution in [3.63, 3.8) is 0 Å². The second kappa shape index (κ2) is 9.65. The SMILES string of the molecule is CC1CCCCC1NC(=O)CN(C)C1CCCNCC1.Cl. The zero-order chi connectivity index (χ0) is 14.4. The lowest BCUT2D eigenvalue weighted by molar-refractivity contribution is -0.123. The maximum atomic E-state index is 12.2. The van der Waals surface area contributed by atoms with Gasteiger partial charge in [0.15, 0.2) is 0 Å². The van der Waals surface area contributed by atoms with Gasteiger partial charge < -0.3 is 10.6 Å². The second-order valence-corrected chi connectivity index (χ2v) is 6.69. The van der Waals surface area contributed by atoms with E-state index in [4.69, 9.17) is 0 Å². The van der Waals surface area contributed by atoms with E-state index in [0.29, 0.717) is 24.5 Å². The Balaban J connectivity index is 0.00000220. The highest BCUT2D eigenvalue weighted by Crippen LogP contribution is 2.23. The van der Waals surface area contributed by atoms with Crippen LogP contribution in [0.15, 0.2) is 0 Å². The van der Waals surface area contributed by atoms with Gasteiger partial charge in [-0.25, -0.2) is 0 Å². The molecular formula is C16H32ClN3O. The molecule has 5 heteroatoms. The number of carbonyl (C=O) groups is 1. The topological polar surface area (TPSA) is 44.4 Å². The second-order valence-electron chi connectivity index (χ2n) is 6.69. The van der Waals surface area contributed by atoms with Crippen molar-refractivity contribution in [2.45, 2.75) is 64.0 Å². The number of rotatable bonds is 4. The maximum Gasteiger partial charge on any atom is 0.234 e. The van der Waals surface area contributed by atoms with Gasteiger partial charge in [-0.1, -0.05) is 19.8 Å². The van der Waals surface area contributed by atoms with Crippen LogP contribution in [0.2, 0.25) is 0 Å². The van der Waals surface area contributed by atoms with E-state index in [0.717, 1.165) is 25.9 Å². The smallest absolute Gasteiger partial charge is 0.234 e. The summed E-state index contributed by atoms with van der Waals surface area (Å²) >= 11 is 0. The van der Waals surface area contributed by atoms with Gasteiger partial charge in [-0.05, 0) is 58.2 Å². The Hall–Kier alpha value is -0.320. The van der Waals surface area contributed by atoms with E-state index in [1.807, 2.05) is 0 Å². The first-order chi connectivity index (χ1) is 9.66. The van der Waals surface area contributed by atoms with Crippen molar-refractivity contribution in [3.05, 3.63) is 0 Å². The summed E-state index contributed by atoms with van der Waals surface area (Å²) in [5.74, 6) is 0.851. The van der Waals surface area contributed by atoms with E-state index in [9.17, 15) is 4.79 Å². The number of nitrogens with zero attached hydrogens (tertiary/aromatic N) is 1. The molecule has 3 atom stereocenters. The summed E-state index contributed by atoms with van der Waals surface area (Å²) in [4.78, 5) is 14.5. The Kier molecular flexibility index (Phi) is 8.60. The molecule has 0 aromatic carbocycles. The first-order valence-electron chi connectivity index (χ1n) is 8.37. The van der Waals surface area contributed by atoms with Gasteiger partial charge in [0.2, 0.25) is 5.91 Å². The molecular weight excluding hydrogens is 286 g/mol. The average Bonchev–Trinajstić information content (AvgIpc) is 2.70. The molecule has 2 aliphatic rings. The molecule has 124 valence electrons.